The van der Waals surface area contributed by atoms with E-state index in [0.717, 1.165) is 31.2 Å². The third-order valence-corrected chi connectivity index (χ3v) is 4.08. The second kappa shape index (κ2) is 6.84. The Hall–Kier alpha value is -1.42. The number of nitrogens with zero attached hydrogens (tertiary/aromatic N) is 1. The summed E-state index contributed by atoms with van der Waals surface area (Å²) in [5.41, 5.74) is 6.93. The molecule has 110 valence electrons. The molecule has 0 unspecified atom stereocenters. The number of amides is 1. The molecule has 1 fully saturated rings. The van der Waals surface area contributed by atoms with Gasteiger partial charge >= 0.3 is 0 Å². The van der Waals surface area contributed by atoms with Gasteiger partial charge in [-0.05, 0) is 37.5 Å². The molecule has 0 bridgehead atoms. The molecule has 0 atom stereocenters. The van der Waals surface area contributed by atoms with E-state index in [1.165, 1.54) is 18.6 Å². The van der Waals surface area contributed by atoms with Gasteiger partial charge in [0.1, 0.15) is 5.82 Å². The van der Waals surface area contributed by atoms with Crippen molar-refractivity contribution in [3.05, 3.63) is 35.1 Å². The molecule has 2 N–H and O–H groups in total. The van der Waals surface area contributed by atoms with Crippen LogP contribution in [0.5, 0.6) is 0 Å². The van der Waals surface area contributed by atoms with Crippen LogP contribution in [0.25, 0.3) is 0 Å². The molecule has 20 heavy (non-hydrogen) atoms. The molecular weight excluding hydrogens is 255 g/mol. The molecule has 1 aliphatic carbocycles. The minimum Gasteiger partial charge on any atom is -0.334 e. The third-order valence-electron chi connectivity index (χ3n) is 4.08. The molecule has 0 saturated heterocycles. The summed E-state index contributed by atoms with van der Waals surface area (Å²) in [7, 11) is 0. The predicted molar refractivity (Wildman–Crippen MR) is 78.1 cm³/mol. The summed E-state index contributed by atoms with van der Waals surface area (Å²) in [6.07, 6.45) is 5.60. The van der Waals surface area contributed by atoms with Gasteiger partial charge in [-0.3, -0.25) is 4.79 Å². The molecule has 0 spiro atoms. The van der Waals surface area contributed by atoms with Crippen LogP contribution in [0.1, 0.15) is 48.0 Å². The number of carbonyl (C=O) groups is 1. The normalized spacial score (nSPS) is 16.1. The summed E-state index contributed by atoms with van der Waals surface area (Å²) in [5, 5.41) is 0. The van der Waals surface area contributed by atoms with E-state index < -0.39 is 0 Å². The number of hydrogen-bond acceptors (Lipinski definition) is 2. The van der Waals surface area contributed by atoms with Crippen LogP contribution in [0.2, 0.25) is 0 Å². The van der Waals surface area contributed by atoms with E-state index in [1.807, 2.05) is 11.8 Å². The molecule has 1 saturated carbocycles. The Labute approximate surface area is 120 Å². The Morgan fingerprint density at radius 1 is 1.35 bits per heavy atom. The van der Waals surface area contributed by atoms with E-state index in [-0.39, 0.29) is 17.8 Å². The molecule has 1 amide bonds. The van der Waals surface area contributed by atoms with Crippen LogP contribution in [0, 0.1) is 12.7 Å². The molecule has 1 aromatic rings. The van der Waals surface area contributed by atoms with Crippen molar-refractivity contribution < 1.29 is 9.18 Å². The van der Waals surface area contributed by atoms with Crippen LogP contribution >= 0.6 is 0 Å². The number of carbonyl (C=O) groups excluding carboxylic acids is 1. The minimum absolute atomic E-state index is 0.0839. The van der Waals surface area contributed by atoms with E-state index in [1.54, 1.807) is 6.07 Å². The maximum Gasteiger partial charge on any atom is 0.254 e. The van der Waals surface area contributed by atoms with Gasteiger partial charge in [-0.1, -0.05) is 25.3 Å². The zero-order valence-electron chi connectivity index (χ0n) is 12.1. The van der Waals surface area contributed by atoms with Crippen LogP contribution in [0.3, 0.4) is 0 Å². The minimum atomic E-state index is -0.365. The number of aryl methyl sites for hydroxylation is 1. The predicted octanol–water partition coefficient (Wildman–Crippen LogP) is 2.87. The molecular formula is C16H23FN2O. The molecule has 0 aliphatic heterocycles. The average molecular weight is 278 g/mol. The first-order valence-corrected chi connectivity index (χ1v) is 7.40. The number of halogens is 1. The van der Waals surface area contributed by atoms with Crippen LogP contribution < -0.4 is 5.73 Å². The van der Waals surface area contributed by atoms with Crippen molar-refractivity contribution in [2.75, 3.05) is 13.1 Å². The topological polar surface area (TPSA) is 46.3 Å². The fraction of sp³-hybridized carbons (Fsp3) is 0.562. The first kappa shape index (κ1) is 15.0. The van der Waals surface area contributed by atoms with Crippen LogP contribution in [-0.4, -0.2) is 29.9 Å². The van der Waals surface area contributed by atoms with Crippen LogP contribution in [0.4, 0.5) is 4.39 Å². The lowest BCUT2D eigenvalue weighted by Crippen LogP contribution is -2.44. The van der Waals surface area contributed by atoms with Gasteiger partial charge < -0.3 is 10.6 Å². The summed E-state index contributed by atoms with van der Waals surface area (Å²) >= 11 is 0. The number of rotatable bonds is 4. The Bertz CT molecular complexity index is 470. The maximum atomic E-state index is 13.4. The van der Waals surface area contributed by atoms with Gasteiger partial charge in [0, 0.05) is 24.7 Å². The molecule has 4 heteroatoms. The van der Waals surface area contributed by atoms with Crippen molar-refractivity contribution in [3.63, 3.8) is 0 Å². The summed E-state index contributed by atoms with van der Waals surface area (Å²) in [4.78, 5) is 14.6. The Balaban J connectivity index is 2.23. The van der Waals surface area contributed by atoms with Gasteiger partial charge in [0.05, 0.1) is 0 Å². The molecule has 1 aromatic carbocycles. The van der Waals surface area contributed by atoms with Crippen molar-refractivity contribution in [1.29, 1.82) is 0 Å². The quantitative estimate of drug-likeness (QED) is 0.920. The number of hydrogen-bond donors (Lipinski definition) is 1. The van der Waals surface area contributed by atoms with Gasteiger partial charge in [-0.2, -0.15) is 0 Å². The van der Waals surface area contributed by atoms with Gasteiger partial charge in [0.15, 0.2) is 0 Å². The van der Waals surface area contributed by atoms with Crippen molar-refractivity contribution in [2.45, 2.75) is 45.1 Å². The average Bonchev–Trinajstić information content (AvgIpc) is 2.47. The van der Waals surface area contributed by atoms with Crippen molar-refractivity contribution in [2.24, 2.45) is 5.73 Å². The lowest BCUT2D eigenvalue weighted by atomic mass is 9.93. The standard InChI is InChI=1S/C16H23FN2O/c1-12-7-8-13(17)11-15(12)16(20)19(10-9-18)14-5-3-2-4-6-14/h7-8,11,14H,2-6,9-10,18H2,1H3. The summed E-state index contributed by atoms with van der Waals surface area (Å²) in [6.45, 7) is 2.82. The fourth-order valence-electron chi connectivity index (χ4n) is 2.96. The van der Waals surface area contributed by atoms with E-state index >= 15 is 0 Å². The van der Waals surface area contributed by atoms with Gasteiger partial charge in [-0.25, -0.2) is 4.39 Å². The monoisotopic (exact) mass is 278 g/mol. The van der Waals surface area contributed by atoms with Crippen molar-refractivity contribution in [3.8, 4) is 0 Å². The lowest BCUT2D eigenvalue weighted by Gasteiger charge is -2.34. The highest BCUT2D eigenvalue weighted by Crippen LogP contribution is 2.24. The van der Waals surface area contributed by atoms with Crippen molar-refractivity contribution >= 4 is 5.91 Å². The summed E-state index contributed by atoms with van der Waals surface area (Å²) < 4.78 is 13.4. The van der Waals surface area contributed by atoms with Crippen LogP contribution in [-0.2, 0) is 0 Å². The smallest absolute Gasteiger partial charge is 0.254 e. The number of nitrogens with two attached hydrogens (primary N) is 1. The lowest BCUT2D eigenvalue weighted by molar-refractivity contribution is 0.0640. The molecule has 3 nitrogen and oxygen atoms in total. The third kappa shape index (κ3) is 3.37. The zero-order chi connectivity index (χ0) is 14.5. The SMILES string of the molecule is Cc1ccc(F)cc1C(=O)N(CCN)C1CCCCC1. The van der Waals surface area contributed by atoms with Crippen LogP contribution in [0.15, 0.2) is 18.2 Å². The second-order valence-corrected chi connectivity index (χ2v) is 5.54. The fourth-order valence-corrected chi connectivity index (χ4v) is 2.96. The van der Waals surface area contributed by atoms with E-state index in [2.05, 4.69) is 0 Å². The van der Waals surface area contributed by atoms with E-state index in [4.69, 9.17) is 5.73 Å². The molecule has 0 heterocycles. The second-order valence-electron chi connectivity index (χ2n) is 5.54. The Morgan fingerprint density at radius 2 is 2.05 bits per heavy atom. The highest BCUT2D eigenvalue weighted by Gasteiger charge is 2.26. The first-order valence-electron chi connectivity index (χ1n) is 7.40. The molecule has 0 radical (unpaired) electrons. The Kier molecular flexibility index (Phi) is 5.12. The van der Waals surface area contributed by atoms with E-state index in [9.17, 15) is 9.18 Å². The Morgan fingerprint density at radius 3 is 2.70 bits per heavy atom. The number of benzene rings is 1. The highest BCUT2D eigenvalue weighted by atomic mass is 19.1. The van der Waals surface area contributed by atoms with Gasteiger partial charge in [-0.15, -0.1) is 0 Å². The summed E-state index contributed by atoms with van der Waals surface area (Å²) in [6, 6.07) is 4.64. The molecule has 0 aromatic heterocycles. The van der Waals surface area contributed by atoms with Crippen molar-refractivity contribution in [1.82, 2.24) is 4.90 Å². The zero-order valence-corrected chi connectivity index (χ0v) is 12.1. The maximum absolute atomic E-state index is 13.4. The first-order chi connectivity index (χ1) is 9.63. The van der Waals surface area contributed by atoms with E-state index in [0.29, 0.717) is 18.7 Å². The molecule has 1 aliphatic rings. The molecule has 2 rings (SSSR count). The van der Waals surface area contributed by atoms with Gasteiger partial charge in [0.2, 0.25) is 0 Å². The summed E-state index contributed by atoms with van der Waals surface area (Å²) in [5.74, 6) is -0.449. The van der Waals surface area contributed by atoms with Gasteiger partial charge in [0.25, 0.3) is 5.91 Å². The largest absolute Gasteiger partial charge is 0.334 e. The highest BCUT2D eigenvalue weighted by molar-refractivity contribution is 5.95.